The third-order valence-corrected chi connectivity index (χ3v) is 5.29. The molecule has 1 saturated carbocycles. The Morgan fingerprint density at radius 3 is 2.76 bits per heavy atom. The second-order valence-electron chi connectivity index (χ2n) is 6.34. The highest BCUT2D eigenvalue weighted by Crippen LogP contribution is 2.36. The molecule has 1 fully saturated rings. The number of hydrogen-bond acceptors (Lipinski definition) is 3. The third kappa shape index (κ3) is 2.77. The van der Waals surface area contributed by atoms with Crippen molar-refractivity contribution < 1.29 is 4.79 Å². The highest BCUT2D eigenvalue weighted by atomic mass is 32.1. The number of rotatable bonds is 4. The molecule has 0 atom stereocenters. The molecule has 21 heavy (non-hydrogen) atoms. The predicted molar refractivity (Wildman–Crippen MR) is 89.9 cm³/mol. The minimum absolute atomic E-state index is 0.0910. The summed E-state index contributed by atoms with van der Waals surface area (Å²) in [6, 6.07) is 6.41. The Morgan fingerprint density at radius 2 is 2.14 bits per heavy atom. The minimum atomic E-state index is 0.0910. The quantitative estimate of drug-likeness (QED) is 0.926. The number of aryl methyl sites for hydroxylation is 1. The molecule has 0 bridgehead atoms. The molecule has 2 N–H and O–H groups in total. The van der Waals surface area contributed by atoms with Gasteiger partial charge in [-0.3, -0.25) is 4.79 Å². The molecule has 3 rings (SSSR count). The normalized spacial score (nSPS) is 14.9. The molecular formula is C17H22N2OS. The van der Waals surface area contributed by atoms with Gasteiger partial charge < -0.3 is 10.6 Å². The lowest BCUT2D eigenvalue weighted by atomic mass is 10.1. The van der Waals surface area contributed by atoms with Crippen LogP contribution in [0, 0.1) is 12.8 Å². The molecule has 0 spiro atoms. The lowest BCUT2D eigenvalue weighted by molar-refractivity contribution is 0.0702. The molecule has 1 aliphatic carbocycles. The number of thiophene rings is 1. The van der Waals surface area contributed by atoms with Crippen molar-refractivity contribution in [3.05, 3.63) is 28.6 Å². The van der Waals surface area contributed by atoms with E-state index >= 15 is 0 Å². The fraction of sp³-hybridized carbons (Fsp3) is 0.471. The number of nitrogen functional groups attached to an aromatic ring is 1. The zero-order valence-corrected chi connectivity index (χ0v) is 13.7. The van der Waals surface area contributed by atoms with Crippen molar-refractivity contribution in [3.8, 4) is 0 Å². The van der Waals surface area contributed by atoms with Gasteiger partial charge in [0.2, 0.25) is 0 Å². The molecule has 1 aromatic carbocycles. The van der Waals surface area contributed by atoms with Crippen LogP contribution < -0.4 is 5.73 Å². The SMILES string of the molecule is Cc1ccc2sc(C(=O)N(CC3CC3)C(C)C)c(N)c2c1. The average molecular weight is 302 g/mol. The van der Waals surface area contributed by atoms with E-state index in [1.54, 1.807) is 0 Å². The van der Waals surface area contributed by atoms with E-state index < -0.39 is 0 Å². The molecule has 112 valence electrons. The van der Waals surface area contributed by atoms with E-state index in [2.05, 4.69) is 32.0 Å². The summed E-state index contributed by atoms with van der Waals surface area (Å²) in [5.74, 6) is 0.780. The second-order valence-corrected chi connectivity index (χ2v) is 7.39. The first-order valence-corrected chi connectivity index (χ1v) is 8.38. The van der Waals surface area contributed by atoms with Crippen LogP contribution in [0.3, 0.4) is 0 Å². The van der Waals surface area contributed by atoms with Crippen LogP contribution in [0.4, 0.5) is 5.69 Å². The van der Waals surface area contributed by atoms with Crippen molar-refractivity contribution in [1.82, 2.24) is 4.90 Å². The number of nitrogens with zero attached hydrogens (tertiary/aromatic N) is 1. The maximum absolute atomic E-state index is 12.9. The number of nitrogens with two attached hydrogens (primary N) is 1. The Kier molecular flexibility index (Phi) is 3.66. The Labute approximate surface area is 129 Å². The molecule has 1 heterocycles. The minimum Gasteiger partial charge on any atom is -0.397 e. The zero-order valence-electron chi connectivity index (χ0n) is 12.8. The van der Waals surface area contributed by atoms with E-state index in [1.807, 2.05) is 11.8 Å². The maximum Gasteiger partial charge on any atom is 0.266 e. The van der Waals surface area contributed by atoms with E-state index in [9.17, 15) is 4.79 Å². The van der Waals surface area contributed by atoms with Gasteiger partial charge in [0.25, 0.3) is 5.91 Å². The van der Waals surface area contributed by atoms with Gasteiger partial charge in [-0.25, -0.2) is 0 Å². The van der Waals surface area contributed by atoms with Crippen molar-refractivity contribution in [2.45, 2.75) is 39.7 Å². The van der Waals surface area contributed by atoms with Gasteiger partial charge in [-0.05, 0) is 51.7 Å². The van der Waals surface area contributed by atoms with Crippen LogP contribution in [0.25, 0.3) is 10.1 Å². The molecule has 1 amide bonds. The molecular weight excluding hydrogens is 280 g/mol. The lowest BCUT2D eigenvalue weighted by Gasteiger charge is -2.26. The molecule has 0 radical (unpaired) electrons. The van der Waals surface area contributed by atoms with Crippen LogP contribution in [-0.4, -0.2) is 23.4 Å². The topological polar surface area (TPSA) is 46.3 Å². The van der Waals surface area contributed by atoms with E-state index in [1.165, 1.54) is 29.7 Å². The number of anilines is 1. The molecule has 0 unspecified atom stereocenters. The molecule has 4 heteroatoms. The molecule has 1 aliphatic rings. The van der Waals surface area contributed by atoms with Crippen molar-refractivity contribution in [2.24, 2.45) is 5.92 Å². The van der Waals surface area contributed by atoms with Gasteiger partial charge in [0, 0.05) is 22.7 Å². The van der Waals surface area contributed by atoms with Crippen molar-refractivity contribution in [1.29, 1.82) is 0 Å². The van der Waals surface area contributed by atoms with Crippen LogP contribution >= 0.6 is 11.3 Å². The lowest BCUT2D eigenvalue weighted by Crippen LogP contribution is -2.38. The van der Waals surface area contributed by atoms with E-state index in [0.29, 0.717) is 16.5 Å². The van der Waals surface area contributed by atoms with Crippen molar-refractivity contribution in [2.75, 3.05) is 12.3 Å². The zero-order chi connectivity index (χ0) is 15.1. The highest BCUT2D eigenvalue weighted by molar-refractivity contribution is 7.21. The summed E-state index contributed by atoms with van der Waals surface area (Å²) in [6.07, 6.45) is 2.50. The Bertz CT molecular complexity index is 685. The van der Waals surface area contributed by atoms with Crippen LogP contribution in [0.5, 0.6) is 0 Å². The summed E-state index contributed by atoms with van der Waals surface area (Å²) in [6.45, 7) is 7.07. The standard InChI is InChI=1S/C17H22N2OS/c1-10(2)19(9-12-5-6-12)17(20)16-15(18)13-8-11(3)4-7-14(13)21-16/h4,7-8,10,12H,5-6,9,18H2,1-3H3. The maximum atomic E-state index is 12.9. The summed E-state index contributed by atoms with van der Waals surface area (Å²) < 4.78 is 1.09. The molecule has 1 aromatic heterocycles. The van der Waals surface area contributed by atoms with Crippen LogP contribution in [-0.2, 0) is 0 Å². The summed E-state index contributed by atoms with van der Waals surface area (Å²) in [7, 11) is 0. The van der Waals surface area contributed by atoms with Gasteiger partial charge in [-0.1, -0.05) is 11.6 Å². The van der Waals surface area contributed by atoms with Gasteiger partial charge in [-0.15, -0.1) is 11.3 Å². The molecule has 2 aromatic rings. The van der Waals surface area contributed by atoms with Crippen molar-refractivity contribution >= 4 is 33.0 Å². The monoisotopic (exact) mass is 302 g/mol. The number of benzene rings is 1. The molecule has 0 aliphatic heterocycles. The Hall–Kier alpha value is -1.55. The summed E-state index contributed by atoms with van der Waals surface area (Å²) in [5, 5.41) is 1.01. The summed E-state index contributed by atoms with van der Waals surface area (Å²) in [5.41, 5.74) is 8.07. The summed E-state index contributed by atoms with van der Waals surface area (Å²) >= 11 is 1.52. The smallest absolute Gasteiger partial charge is 0.266 e. The van der Waals surface area contributed by atoms with Gasteiger partial charge in [-0.2, -0.15) is 0 Å². The first-order valence-electron chi connectivity index (χ1n) is 7.57. The van der Waals surface area contributed by atoms with Crippen LogP contribution in [0.15, 0.2) is 18.2 Å². The first kappa shape index (κ1) is 14.4. The fourth-order valence-electron chi connectivity index (χ4n) is 2.63. The number of hydrogen-bond donors (Lipinski definition) is 1. The number of carbonyl (C=O) groups is 1. The first-order chi connectivity index (χ1) is 9.97. The van der Waals surface area contributed by atoms with Gasteiger partial charge in [0.05, 0.1) is 5.69 Å². The van der Waals surface area contributed by atoms with Gasteiger partial charge in [0.1, 0.15) is 4.88 Å². The van der Waals surface area contributed by atoms with Crippen LogP contribution in [0.1, 0.15) is 41.9 Å². The van der Waals surface area contributed by atoms with Gasteiger partial charge >= 0.3 is 0 Å². The third-order valence-electron chi connectivity index (χ3n) is 4.11. The second kappa shape index (κ2) is 5.34. The van der Waals surface area contributed by atoms with Gasteiger partial charge in [0.15, 0.2) is 0 Å². The Morgan fingerprint density at radius 1 is 1.43 bits per heavy atom. The van der Waals surface area contributed by atoms with Crippen LogP contribution in [0.2, 0.25) is 0 Å². The fourth-order valence-corrected chi connectivity index (χ4v) is 3.69. The molecule has 3 nitrogen and oxygen atoms in total. The number of amides is 1. The highest BCUT2D eigenvalue weighted by Gasteiger charge is 2.30. The summed E-state index contributed by atoms with van der Waals surface area (Å²) in [4.78, 5) is 15.6. The number of fused-ring (bicyclic) bond motifs is 1. The average Bonchev–Trinajstić information content (AvgIpc) is 3.20. The van der Waals surface area contributed by atoms with E-state index in [4.69, 9.17) is 5.73 Å². The predicted octanol–water partition coefficient (Wildman–Crippen LogP) is 4.05. The van der Waals surface area contributed by atoms with E-state index in [-0.39, 0.29) is 11.9 Å². The number of carbonyl (C=O) groups excluding carboxylic acids is 1. The van der Waals surface area contributed by atoms with Crippen molar-refractivity contribution in [3.63, 3.8) is 0 Å². The Balaban J connectivity index is 1.97. The van der Waals surface area contributed by atoms with E-state index in [0.717, 1.165) is 16.6 Å². The largest absolute Gasteiger partial charge is 0.397 e. The molecule has 0 saturated heterocycles.